The topological polar surface area (TPSA) is 53.4 Å². The molecule has 1 aliphatic heterocycles. The number of hydrogen-bond acceptors (Lipinski definition) is 5. The molecule has 6 nitrogen and oxygen atoms in total. The molecule has 2 aromatic heterocycles. The summed E-state index contributed by atoms with van der Waals surface area (Å²) in [6.07, 6.45) is 4.23. The average molecular weight is 426 g/mol. The number of thiophene rings is 1. The molecule has 1 saturated heterocycles. The van der Waals surface area contributed by atoms with Gasteiger partial charge >= 0.3 is 0 Å². The molecule has 1 N–H and O–H groups in total. The summed E-state index contributed by atoms with van der Waals surface area (Å²) < 4.78 is 1.97. The van der Waals surface area contributed by atoms with Crippen LogP contribution >= 0.6 is 23.7 Å². The Morgan fingerprint density at radius 2 is 2.14 bits per heavy atom. The number of amides is 1. The van der Waals surface area contributed by atoms with E-state index in [1.807, 2.05) is 27.9 Å². The van der Waals surface area contributed by atoms with Crippen LogP contribution < -0.4 is 5.32 Å². The summed E-state index contributed by atoms with van der Waals surface area (Å²) in [6.45, 7) is 10.6. The van der Waals surface area contributed by atoms with Crippen molar-refractivity contribution in [2.24, 2.45) is 0 Å². The van der Waals surface area contributed by atoms with Crippen LogP contribution in [0.1, 0.15) is 48.1 Å². The van der Waals surface area contributed by atoms with E-state index in [1.165, 1.54) is 4.88 Å². The molecule has 0 aliphatic carbocycles. The molecule has 156 valence electrons. The second kappa shape index (κ2) is 11.6. The van der Waals surface area contributed by atoms with E-state index >= 15 is 0 Å². The Hall–Kier alpha value is -1.41. The van der Waals surface area contributed by atoms with Gasteiger partial charge in [0.05, 0.1) is 12.6 Å². The van der Waals surface area contributed by atoms with Gasteiger partial charge in [-0.15, -0.1) is 23.7 Å². The van der Waals surface area contributed by atoms with Gasteiger partial charge in [-0.1, -0.05) is 19.9 Å². The number of nitrogens with zero attached hydrogens (tertiary/aromatic N) is 4. The molecule has 8 heteroatoms. The highest BCUT2D eigenvalue weighted by Crippen LogP contribution is 2.18. The minimum atomic E-state index is 0. The van der Waals surface area contributed by atoms with Crippen molar-refractivity contribution in [2.75, 3.05) is 39.3 Å². The molecule has 2 aromatic rings. The van der Waals surface area contributed by atoms with Gasteiger partial charge in [-0.3, -0.25) is 9.48 Å². The van der Waals surface area contributed by atoms with E-state index in [4.69, 9.17) is 0 Å². The Balaban J connectivity index is 0.00000280. The van der Waals surface area contributed by atoms with Crippen LogP contribution in [0.2, 0.25) is 0 Å². The van der Waals surface area contributed by atoms with Crippen molar-refractivity contribution in [1.82, 2.24) is 24.9 Å². The fourth-order valence-corrected chi connectivity index (χ4v) is 4.24. The van der Waals surface area contributed by atoms with E-state index in [1.54, 1.807) is 11.3 Å². The number of carbonyl (C=O) groups excluding carboxylic acids is 1. The summed E-state index contributed by atoms with van der Waals surface area (Å²) in [5.41, 5.74) is 0.552. The lowest BCUT2D eigenvalue weighted by atomic mass is 10.1. The molecule has 0 bridgehead atoms. The number of hydrogen-bond donors (Lipinski definition) is 1. The van der Waals surface area contributed by atoms with Crippen LogP contribution in [-0.4, -0.2) is 64.8 Å². The highest BCUT2D eigenvalue weighted by Gasteiger charge is 2.22. The number of halogens is 1. The van der Waals surface area contributed by atoms with E-state index in [0.717, 1.165) is 52.1 Å². The van der Waals surface area contributed by atoms with Crippen LogP contribution in [0.3, 0.4) is 0 Å². The Kier molecular flexibility index (Phi) is 9.44. The maximum atomic E-state index is 13.2. The van der Waals surface area contributed by atoms with Gasteiger partial charge < -0.3 is 15.1 Å². The van der Waals surface area contributed by atoms with Crippen LogP contribution in [0.4, 0.5) is 0 Å². The molecule has 0 aromatic carbocycles. The minimum absolute atomic E-state index is 0. The Morgan fingerprint density at radius 3 is 2.79 bits per heavy atom. The van der Waals surface area contributed by atoms with Crippen LogP contribution in [0.15, 0.2) is 29.8 Å². The normalized spacial score (nSPS) is 16.8. The largest absolute Gasteiger partial charge is 0.331 e. The zero-order chi connectivity index (χ0) is 19.1. The van der Waals surface area contributed by atoms with Crippen molar-refractivity contribution in [3.63, 3.8) is 0 Å². The zero-order valence-corrected chi connectivity index (χ0v) is 18.5. The lowest BCUT2D eigenvalue weighted by Gasteiger charge is -2.26. The highest BCUT2D eigenvalue weighted by molar-refractivity contribution is 7.09. The van der Waals surface area contributed by atoms with Crippen molar-refractivity contribution < 1.29 is 4.79 Å². The first kappa shape index (κ1) is 22.9. The van der Waals surface area contributed by atoms with E-state index in [-0.39, 0.29) is 18.3 Å². The summed E-state index contributed by atoms with van der Waals surface area (Å²) in [7, 11) is 0. The van der Waals surface area contributed by atoms with Crippen molar-refractivity contribution >= 4 is 29.7 Å². The van der Waals surface area contributed by atoms with Gasteiger partial charge in [0.2, 0.25) is 0 Å². The predicted octanol–water partition coefficient (Wildman–Crippen LogP) is 3.28. The number of nitrogens with one attached hydrogen (secondary N) is 1. The van der Waals surface area contributed by atoms with Crippen LogP contribution in [-0.2, 0) is 6.54 Å². The molecule has 1 unspecified atom stereocenters. The molecule has 3 rings (SSSR count). The van der Waals surface area contributed by atoms with Gasteiger partial charge in [-0.25, -0.2) is 0 Å². The van der Waals surface area contributed by atoms with Crippen molar-refractivity contribution in [2.45, 2.75) is 39.3 Å². The number of piperidine rings is 1. The number of rotatable bonds is 9. The quantitative estimate of drug-likeness (QED) is 0.669. The standard InChI is InChI=1S/C20H31N5OS.ClH/c1-3-23(4-2)12-13-24(16-18-8-6-14-27-18)20(26)19-9-11-25(22-19)17-7-5-10-21-15-17;/h6,8-9,11,14,17,21H,3-5,7,10,12-13,15-16H2,1-2H3;1H. The Morgan fingerprint density at radius 1 is 1.32 bits per heavy atom. The molecule has 0 saturated carbocycles. The second-order valence-corrected chi connectivity index (χ2v) is 8.05. The third-order valence-corrected chi connectivity index (χ3v) is 6.13. The van der Waals surface area contributed by atoms with E-state index in [9.17, 15) is 4.79 Å². The Labute approximate surface area is 178 Å². The molecular weight excluding hydrogens is 394 g/mol. The molecule has 1 fully saturated rings. The predicted molar refractivity (Wildman–Crippen MR) is 117 cm³/mol. The first-order valence-corrected chi connectivity index (χ1v) is 10.9. The molecule has 28 heavy (non-hydrogen) atoms. The average Bonchev–Trinajstić information content (AvgIpc) is 3.40. The third-order valence-electron chi connectivity index (χ3n) is 5.27. The summed E-state index contributed by atoms with van der Waals surface area (Å²) in [5, 5.41) is 10.1. The molecule has 0 spiro atoms. The Bertz CT molecular complexity index is 695. The fourth-order valence-electron chi connectivity index (χ4n) is 3.52. The molecule has 3 heterocycles. The second-order valence-electron chi connectivity index (χ2n) is 7.01. The SMILES string of the molecule is CCN(CC)CCN(Cc1cccs1)C(=O)c1ccn(C2CCCNC2)n1.Cl. The first-order chi connectivity index (χ1) is 13.2. The summed E-state index contributed by atoms with van der Waals surface area (Å²) in [6, 6.07) is 6.35. The van der Waals surface area contributed by atoms with Crippen molar-refractivity contribution in [3.8, 4) is 0 Å². The first-order valence-electron chi connectivity index (χ1n) is 10.0. The van der Waals surface area contributed by atoms with Crippen molar-refractivity contribution in [3.05, 3.63) is 40.3 Å². The minimum Gasteiger partial charge on any atom is -0.331 e. The van der Waals surface area contributed by atoms with E-state index < -0.39 is 0 Å². The van der Waals surface area contributed by atoms with Gasteiger partial charge in [-0.05, 0) is 50.0 Å². The van der Waals surface area contributed by atoms with Gasteiger partial charge in [0.25, 0.3) is 5.91 Å². The van der Waals surface area contributed by atoms with Gasteiger partial charge in [0, 0.05) is 30.7 Å². The molecule has 0 radical (unpaired) electrons. The third kappa shape index (κ3) is 6.04. The molecule has 1 amide bonds. The van der Waals surface area contributed by atoms with Crippen molar-refractivity contribution in [1.29, 1.82) is 0 Å². The smallest absolute Gasteiger partial charge is 0.274 e. The number of aromatic nitrogens is 2. The van der Waals surface area contributed by atoms with Gasteiger partial charge in [0.15, 0.2) is 0 Å². The fraction of sp³-hybridized carbons (Fsp3) is 0.600. The summed E-state index contributed by atoms with van der Waals surface area (Å²) in [5.74, 6) is 0.0260. The van der Waals surface area contributed by atoms with Crippen LogP contribution in [0.5, 0.6) is 0 Å². The lowest BCUT2D eigenvalue weighted by Crippen LogP contribution is -2.38. The molecule has 1 aliphatic rings. The van der Waals surface area contributed by atoms with Crippen LogP contribution in [0.25, 0.3) is 0 Å². The molecule has 1 atom stereocenters. The summed E-state index contributed by atoms with van der Waals surface area (Å²) in [4.78, 5) is 18.7. The highest BCUT2D eigenvalue weighted by atomic mass is 35.5. The maximum Gasteiger partial charge on any atom is 0.274 e. The molecular formula is C20H32ClN5OS. The monoisotopic (exact) mass is 425 g/mol. The van der Waals surface area contributed by atoms with Gasteiger partial charge in [0.1, 0.15) is 5.69 Å². The number of likely N-dealkylation sites (N-methyl/N-ethyl adjacent to an activating group) is 1. The van der Waals surface area contributed by atoms with Crippen LogP contribution in [0, 0.1) is 0 Å². The maximum absolute atomic E-state index is 13.2. The zero-order valence-electron chi connectivity index (χ0n) is 16.8. The van der Waals surface area contributed by atoms with Gasteiger partial charge in [-0.2, -0.15) is 5.10 Å². The van der Waals surface area contributed by atoms with E-state index in [2.05, 4.69) is 40.6 Å². The lowest BCUT2D eigenvalue weighted by molar-refractivity contribution is 0.0718. The van der Waals surface area contributed by atoms with E-state index in [0.29, 0.717) is 18.3 Å². The number of carbonyl (C=O) groups is 1. The summed E-state index contributed by atoms with van der Waals surface area (Å²) >= 11 is 1.70.